The van der Waals surface area contributed by atoms with Gasteiger partial charge in [-0.2, -0.15) is 0 Å². The summed E-state index contributed by atoms with van der Waals surface area (Å²) in [4.78, 5) is 34.9. The van der Waals surface area contributed by atoms with Crippen LogP contribution in [0.4, 0.5) is 5.69 Å². The second-order valence-corrected chi connectivity index (χ2v) is 6.14. The van der Waals surface area contributed by atoms with Crippen LogP contribution in [0.5, 0.6) is 11.5 Å². The number of carboxylic acids is 1. The van der Waals surface area contributed by atoms with E-state index in [1.807, 2.05) is 0 Å². The Labute approximate surface area is 161 Å². The minimum Gasteiger partial charge on any atom is -0.490 e. The molecule has 0 saturated carbocycles. The quantitative estimate of drug-likeness (QED) is 0.704. The molecular weight excluding hydrogens is 364 g/mol. The molecule has 1 heterocycles. The van der Waals surface area contributed by atoms with Gasteiger partial charge in [0.25, 0.3) is 11.8 Å². The van der Waals surface area contributed by atoms with E-state index in [0.717, 1.165) is 6.42 Å². The molecule has 0 aliphatic carbocycles. The Balaban J connectivity index is 1.61. The van der Waals surface area contributed by atoms with Crippen molar-refractivity contribution in [3.8, 4) is 11.5 Å². The lowest BCUT2D eigenvalue weighted by molar-refractivity contribution is -0.136. The highest BCUT2D eigenvalue weighted by atomic mass is 16.5. The van der Waals surface area contributed by atoms with E-state index in [4.69, 9.17) is 14.6 Å². The van der Waals surface area contributed by atoms with Crippen molar-refractivity contribution in [2.45, 2.75) is 12.8 Å². The molecule has 146 valence electrons. The van der Waals surface area contributed by atoms with E-state index in [1.165, 1.54) is 0 Å². The van der Waals surface area contributed by atoms with Crippen molar-refractivity contribution in [2.75, 3.05) is 25.1 Å². The summed E-state index contributed by atoms with van der Waals surface area (Å²) in [5.41, 5.74) is 1.33. The molecule has 2 aromatic carbocycles. The van der Waals surface area contributed by atoms with Crippen LogP contribution in [0.15, 0.2) is 42.5 Å². The van der Waals surface area contributed by atoms with Gasteiger partial charge in [0.1, 0.15) is 0 Å². The lowest BCUT2D eigenvalue weighted by Crippen LogP contribution is -2.25. The van der Waals surface area contributed by atoms with Gasteiger partial charge in [0.05, 0.1) is 19.6 Å². The Hall–Kier alpha value is -3.55. The number of fused-ring (bicyclic) bond motifs is 1. The summed E-state index contributed by atoms with van der Waals surface area (Å²) in [6.45, 7) is 1.17. The maximum absolute atomic E-state index is 12.5. The Morgan fingerprint density at radius 3 is 2.29 bits per heavy atom. The Kier molecular flexibility index (Phi) is 6.11. The Morgan fingerprint density at radius 1 is 0.893 bits per heavy atom. The van der Waals surface area contributed by atoms with Crippen LogP contribution in [0.25, 0.3) is 0 Å². The standard InChI is InChI=1S/C20H20N2O6/c23-18(24)8-9-21-19(25)13-2-5-15(6-3-13)22-20(26)14-4-7-16-17(12-14)28-11-1-10-27-16/h2-7,12H,1,8-11H2,(H,21,25)(H,22,26)(H,23,24). The molecule has 1 aliphatic rings. The lowest BCUT2D eigenvalue weighted by atomic mass is 10.1. The van der Waals surface area contributed by atoms with Gasteiger partial charge >= 0.3 is 5.97 Å². The maximum atomic E-state index is 12.5. The molecule has 0 atom stereocenters. The summed E-state index contributed by atoms with van der Waals surface area (Å²) in [5, 5.41) is 13.9. The molecular formula is C20H20N2O6. The predicted molar refractivity (Wildman–Crippen MR) is 101 cm³/mol. The fourth-order valence-electron chi connectivity index (χ4n) is 2.60. The zero-order valence-electron chi connectivity index (χ0n) is 15.1. The lowest BCUT2D eigenvalue weighted by Gasteiger charge is -2.10. The number of benzene rings is 2. The summed E-state index contributed by atoms with van der Waals surface area (Å²) < 4.78 is 11.1. The molecule has 0 aromatic heterocycles. The molecule has 3 rings (SSSR count). The van der Waals surface area contributed by atoms with Gasteiger partial charge in [0.15, 0.2) is 11.5 Å². The van der Waals surface area contributed by atoms with Gasteiger partial charge in [0.2, 0.25) is 0 Å². The first-order chi connectivity index (χ1) is 13.5. The average molecular weight is 384 g/mol. The van der Waals surface area contributed by atoms with Gasteiger partial charge in [-0.3, -0.25) is 14.4 Å². The van der Waals surface area contributed by atoms with Crippen LogP contribution in [0.3, 0.4) is 0 Å². The molecule has 2 aromatic rings. The molecule has 1 aliphatic heterocycles. The first-order valence-electron chi connectivity index (χ1n) is 8.84. The monoisotopic (exact) mass is 384 g/mol. The normalized spacial score (nSPS) is 12.6. The smallest absolute Gasteiger partial charge is 0.305 e. The third-order valence-corrected chi connectivity index (χ3v) is 4.04. The van der Waals surface area contributed by atoms with E-state index in [-0.39, 0.29) is 24.8 Å². The molecule has 8 heteroatoms. The highest BCUT2D eigenvalue weighted by molar-refractivity contribution is 6.05. The van der Waals surface area contributed by atoms with Crippen molar-refractivity contribution in [1.82, 2.24) is 5.32 Å². The number of rotatable bonds is 6. The highest BCUT2D eigenvalue weighted by Crippen LogP contribution is 2.30. The summed E-state index contributed by atoms with van der Waals surface area (Å²) in [6, 6.07) is 11.3. The topological polar surface area (TPSA) is 114 Å². The van der Waals surface area contributed by atoms with E-state index in [0.29, 0.717) is 41.5 Å². The second-order valence-electron chi connectivity index (χ2n) is 6.14. The first-order valence-corrected chi connectivity index (χ1v) is 8.84. The Morgan fingerprint density at radius 2 is 1.57 bits per heavy atom. The molecule has 0 spiro atoms. The zero-order valence-corrected chi connectivity index (χ0v) is 15.1. The Bertz CT molecular complexity index is 879. The molecule has 28 heavy (non-hydrogen) atoms. The number of carbonyl (C=O) groups is 3. The van der Waals surface area contributed by atoms with Gasteiger partial charge < -0.3 is 25.2 Å². The maximum Gasteiger partial charge on any atom is 0.305 e. The van der Waals surface area contributed by atoms with Crippen molar-refractivity contribution in [2.24, 2.45) is 0 Å². The molecule has 0 bridgehead atoms. The van der Waals surface area contributed by atoms with E-state index in [2.05, 4.69) is 10.6 Å². The molecule has 8 nitrogen and oxygen atoms in total. The molecule has 3 N–H and O–H groups in total. The minimum atomic E-state index is -0.979. The van der Waals surface area contributed by atoms with Crippen LogP contribution in [0.2, 0.25) is 0 Å². The van der Waals surface area contributed by atoms with E-state index in [1.54, 1.807) is 42.5 Å². The molecule has 0 fully saturated rings. The van der Waals surface area contributed by atoms with Crippen molar-refractivity contribution < 1.29 is 29.0 Å². The van der Waals surface area contributed by atoms with Gasteiger partial charge in [0, 0.05) is 29.8 Å². The first kappa shape index (κ1) is 19.2. The van der Waals surface area contributed by atoms with E-state index < -0.39 is 5.97 Å². The number of carbonyl (C=O) groups excluding carboxylic acids is 2. The summed E-state index contributed by atoms with van der Waals surface area (Å²) in [7, 11) is 0. The number of carboxylic acid groups (broad SMARTS) is 1. The number of amides is 2. The zero-order chi connectivity index (χ0) is 19.9. The number of anilines is 1. The second kappa shape index (κ2) is 8.90. The largest absolute Gasteiger partial charge is 0.490 e. The number of hydrogen-bond acceptors (Lipinski definition) is 5. The predicted octanol–water partition coefficient (Wildman–Crippen LogP) is 2.30. The third kappa shape index (κ3) is 5.00. The van der Waals surface area contributed by atoms with Crippen molar-refractivity contribution in [3.63, 3.8) is 0 Å². The van der Waals surface area contributed by atoms with Crippen LogP contribution < -0.4 is 20.1 Å². The molecule has 0 radical (unpaired) electrons. The minimum absolute atomic E-state index is 0.0523. The fourth-order valence-corrected chi connectivity index (χ4v) is 2.60. The van der Waals surface area contributed by atoms with Gasteiger partial charge in [-0.25, -0.2) is 0 Å². The van der Waals surface area contributed by atoms with Crippen LogP contribution in [-0.2, 0) is 4.79 Å². The van der Waals surface area contributed by atoms with Gasteiger partial charge in [-0.05, 0) is 42.5 Å². The summed E-state index contributed by atoms with van der Waals surface area (Å²) in [5.74, 6) is -0.504. The number of hydrogen-bond donors (Lipinski definition) is 3. The highest BCUT2D eigenvalue weighted by Gasteiger charge is 2.14. The number of ether oxygens (including phenoxy) is 2. The van der Waals surface area contributed by atoms with Crippen molar-refractivity contribution >= 4 is 23.5 Å². The average Bonchev–Trinajstić information content (AvgIpc) is 2.93. The van der Waals surface area contributed by atoms with Crippen molar-refractivity contribution in [3.05, 3.63) is 53.6 Å². The van der Waals surface area contributed by atoms with Crippen LogP contribution in [0.1, 0.15) is 33.6 Å². The molecule has 0 unspecified atom stereocenters. The summed E-state index contributed by atoms with van der Waals surface area (Å²) >= 11 is 0. The SMILES string of the molecule is O=C(O)CCNC(=O)c1ccc(NC(=O)c2ccc3c(c2)OCCCO3)cc1. The van der Waals surface area contributed by atoms with Crippen LogP contribution in [-0.4, -0.2) is 42.6 Å². The number of nitrogens with one attached hydrogen (secondary N) is 2. The molecule has 2 amide bonds. The summed E-state index contributed by atoms with van der Waals surface area (Å²) in [6.07, 6.45) is 0.641. The third-order valence-electron chi connectivity index (χ3n) is 4.04. The van der Waals surface area contributed by atoms with Gasteiger partial charge in [-0.15, -0.1) is 0 Å². The van der Waals surface area contributed by atoms with Crippen LogP contribution >= 0.6 is 0 Å². The van der Waals surface area contributed by atoms with E-state index >= 15 is 0 Å². The van der Waals surface area contributed by atoms with Gasteiger partial charge in [-0.1, -0.05) is 0 Å². The van der Waals surface area contributed by atoms with Crippen LogP contribution in [0, 0.1) is 0 Å². The molecule has 0 saturated heterocycles. The van der Waals surface area contributed by atoms with E-state index in [9.17, 15) is 14.4 Å². The van der Waals surface area contributed by atoms with Crippen molar-refractivity contribution in [1.29, 1.82) is 0 Å². The number of aliphatic carboxylic acids is 1. The fraction of sp³-hybridized carbons (Fsp3) is 0.250.